The number of benzene rings is 1. The molecule has 1 aromatic rings. The molecule has 1 aromatic carbocycles. The van der Waals surface area contributed by atoms with Crippen molar-refractivity contribution in [1.29, 1.82) is 0 Å². The van der Waals surface area contributed by atoms with Gasteiger partial charge in [-0.15, -0.1) is 0 Å². The van der Waals surface area contributed by atoms with Gasteiger partial charge in [0.25, 0.3) is 0 Å². The summed E-state index contributed by atoms with van der Waals surface area (Å²) in [6.45, 7) is 2.06. The predicted octanol–water partition coefficient (Wildman–Crippen LogP) is 2.02. The molecule has 0 aliphatic heterocycles. The Hall–Kier alpha value is -0.730. The molecular weight excluding hydrogens is 174 g/mol. The first-order valence-corrected chi connectivity index (χ1v) is 4.18. The van der Waals surface area contributed by atoms with Crippen LogP contribution in [0.2, 0.25) is 5.02 Å². The monoisotopic (exact) mass is 185 g/mol. The Morgan fingerprint density at radius 3 is 2.75 bits per heavy atom. The van der Waals surface area contributed by atoms with Crippen LogP contribution in [0.3, 0.4) is 0 Å². The first-order chi connectivity index (χ1) is 5.65. The van der Waals surface area contributed by atoms with Gasteiger partial charge in [0.05, 0.1) is 10.7 Å². The second-order valence-corrected chi connectivity index (χ2v) is 3.27. The molecule has 0 unspecified atom stereocenters. The molecule has 12 heavy (non-hydrogen) atoms. The van der Waals surface area contributed by atoms with Crippen molar-refractivity contribution in [2.24, 2.45) is 0 Å². The molecular formula is C9H12ClNO. The second kappa shape index (κ2) is 3.78. The zero-order chi connectivity index (χ0) is 9.14. The first kappa shape index (κ1) is 9.36. The summed E-state index contributed by atoms with van der Waals surface area (Å²) in [5.74, 6) is 0.114. The van der Waals surface area contributed by atoms with E-state index in [9.17, 15) is 0 Å². The maximum absolute atomic E-state index is 8.87. The number of halogens is 1. The Bertz CT molecular complexity index is 275. The molecule has 0 aliphatic carbocycles. The summed E-state index contributed by atoms with van der Waals surface area (Å²) in [4.78, 5) is 0. The maximum atomic E-state index is 8.87. The SMILES string of the molecule is C[C@H](CO)c1ccc(N)c(Cl)c1. The van der Waals surface area contributed by atoms with Gasteiger partial charge in [-0.2, -0.15) is 0 Å². The zero-order valence-electron chi connectivity index (χ0n) is 6.92. The standard InChI is InChI=1S/C9H12ClNO/c1-6(5-12)7-2-3-9(11)8(10)4-7/h2-4,6,12H,5,11H2,1H3/t6-/m1/s1. The van der Waals surface area contributed by atoms with E-state index in [1.54, 1.807) is 12.1 Å². The van der Waals surface area contributed by atoms with Crippen LogP contribution < -0.4 is 5.73 Å². The zero-order valence-corrected chi connectivity index (χ0v) is 7.67. The number of anilines is 1. The Kier molecular flexibility index (Phi) is 2.95. The average molecular weight is 186 g/mol. The van der Waals surface area contributed by atoms with Gasteiger partial charge in [0.15, 0.2) is 0 Å². The molecule has 0 spiro atoms. The number of nitrogen functional groups attached to an aromatic ring is 1. The number of nitrogens with two attached hydrogens (primary N) is 1. The fourth-order valence-electron chi connectivity index (χ4n) is 0.955. The van der Waals surface area contributed by atoms with Crippen LogP contribution >= 0.6 is 11.6 Å². The van der Waals surface area contributed by atoms with Crippen molar-refractivity contribution in [1.82, 2.24) is 0 Å². The van der Waals surface area contributed by atoms with E-state index in [0.717, 1.165) is 5.56 Å². The molecule has 0 radical (unpaired) electrons. The van der Waals surface area contributed by atoms with E-state index in [-0.39, 0.29) is 12.5 Å². The normalized spacial score (nSPS) is 12.9. The highest BCUT2D eigenvalue weighted by Crippen LogP contribution is 2.23. The molecule has 2 nitrogen and oxygen atoms in total. The largest absolute Gasteiger partial charge is 0.398 e. The number of aliphatic hydroxyl groups excluding tert-OH is 1. The van der Waals surface area contributed by atoms with Crippen LogP contribution in [-0.2, 0) is 0 Å². The Morgan fingerprint density at radius 2 is 2.25 bits per heavy atom. The Balaban J connectivity index is 2.96. The molecule has 3 heteroatoms. The molecule has 0 heterocycles. The molecule has 0 amide bonds. The molecule has 1 atom stereocenters. The van der Waals surface area contributed by atoms with Gasteiger partial charge in [-0.1, -0.05) is 24.6 Å². The third kappa shape index (κ3) is 1.90. The van der Waals surface area contributed by atoms with Crippen LogP contribution in [0.5, 0.6) is 0 Å². The van der Waals surface area contributed by atoms with Crippen LogP contribution in [0, 0.1) is 0 Å². The molecule has 1 rings (SSSR count). The summed E-state index contributed by atoms with van der Waals surface area (Å²) in [6.07, 6.45) is 0. The van der Waals surface area contributed by atoms with Crippen LogP contribution in [0.4, 0.5) is 5.69 Å². The van der Waals surface area contributed by atoms with E-state index in [0.29, 0.717) is 10.7 Å². The van der Waals surface area contributed by atoms with Gasteiger partial charge in [-0.05, 0) is 17.7 Å². The van der Waals surface area contributed by atoms with E-state index in [2.05, 4.69) is 0 Å². The number of hydrogen-bond acceptors (Lipinski definition) is 2. The van der Waals surface area contributed by atoms with Crippen molar-refractivity contribution in [2.75, 3.05) is 12.3 Å². The fraction of sp³-hybridized carbons (Fsp3) is 0.333. The molecule has 0 saturated carbocycles. The molecule has 0 saturated heterocycles. The van der Waals surface area contributed by atoms with Crippen molar-refractivity contribution in [3.63, 3.8) is 0 Å². The lowest BCUT2D eigenvalue weighted by atomic mass is 10.0. The van der Waals surface area contributed by atoms with E-state index in [1.807, 2.05) is 13.0 Å². The molecule has 66 valence electrons. The van der Waals surface area contributed by atoms with Crippen LogP contribution in [0.25, 0.3) is 0 Å². The third-order valence-corrected chi connectivity index (χ3v) is 2.19. The van der Waals surface area contributed by atoms with Crippen molar-refractivity contribution in [2.45, 2.75) is 12.8 Å². The molecule has 0 fully saturated rings. The molecule has 0 bridgehead atoms. The Morgan fingerprint density at radius 1 is 1.58 bits per heavy atom. The lowest BCUT2D eigenvalue weighted by Gasteiger charge is -2.08. The van der Waals surface area contributed by atoms with Crippen molar-refractivity contribution >= 4 is 17.3 Å². The highest BCUT2D eigenvalue weighted by atomic mass is 35.5. The highest BCUT2D eigenvalue weighted by Gasteiger charge is 2.05. The predicted molar refractivity (Wildman–Crippen MR) is 51.4 cm³/mol. The number of rotatable bonds is 2. The second-order valence-electron chi connectivity index (χ2n) is 2.86. The summed E-state index contributed by atoms with van der Waals surface area (Å²) < 4.78 is 0. The van der Waals surface area contributed by atoms with Gasteiger partial charge < -0.3 is 10.8 Å². The van der Waals surface area contributed by atoms with Gasteiger partial charge in [0, 0.05) is 12.5 Å². The summed E-state index contributed by atoms with van der Waals surface area (Å²) in [6, 6.07) is 5.42. The Labute approximate surface area is 77.0 Å². The van der Waals surface area contributed by atoms with E-state index < -0.39 is 0 Å². The average Bonchev–Trinajstić information content (AvgIpc) is 2.08. The maximum Gasteiger partial charge on any atom is 0.0638 e. The minimum Gasteiger partial charge on any atom is -0.398 e. The van der Waals surface area contributed by atoms with Crippen LogP contribution in [-0.4, -0.2) is 11.7 Å². The van der Waals surface area contributed by atoms with Crippen LogP contribution in [0.15, 0.2) is 18.2 Å². The summed E-state index contributed by atoms with van der Waals surface area (Å²) in [7, 11) is 0. The van der Waals surface area contributed by atoms with Crippen LogP contribution in [0.1, 0.15) is 18.4 Å². The number of aliphatic hydroxyl groups is 1. The van der Waals surface area contributed by atoms with Gasteiger partial charge in [0.2, 0.25) is 0 Å². The smallest absolute Gasteiger partial charge is 0.0638 e. The van der Waals surface area contributed by atoms with E-state index in [4.69, 9.17) is 22.4 Å². The van der Waals surface area contributed by atoms with Gasteiger partial charge >= 0.3 is 0 Å². The molecule has 0 aromatic heterocycles. The summed E-state index contributed by atoms with van der Waals surface area (Å²) in [5, 5.41) is 9.42. The minimum absolute atomic E-state index is 0.114. The lowest BCUT2D eigenvalue weighted by Crippen LogP contribution is -1.99. The van der Waals surface area contributed by atoms with Gasteiger partial charge in [-0.25, -0.2) is 0 Å². The topological polar surface area (TPSA) is 46.2 Å². The highest BCUT2D eigenvalue weighted by molar-refractivity contribution is 6.33. The lowest BCUT2D eigenvalue weighted by molar-refractivity contribution is 0.273. The van der Waals surface area contributed by atoms with E-state index >= 15 is 0 Å². The van der Waals surface area contributed by atoms with Gasteiger partial charge in [0.1, 0.15) is 0 Å². The van der Waals surface area contributed by atoms with Crippen molar-refractivity contribution < 1.29 is 5.11 Å². The fourth-order valence-corrected chi connectivity index (χ4v) is 1.14. The van der Waals surface area contributed by atoms with E-state index in [1.165, 1.54) is 0 Å². The number of hydrogen-bond donors (Lipinski definition) is 2. The first-order valence-electron chi connectivity index (χ1n) is 3.81. The quantitative estimate of drug-likeness (QED) is 0.693. The molecule has 0 aliphatic rings. The van der Waals surface area contributed by atoms with Gasteiger partial charge in [-0.3, -0.25) is 0 Å². The van der Waals surface area contributed by atoms with Crippen molar-refractivity contribution in [3.05, 3.63) is 28.8 Å². The molecule has 3 N–H and O–H groups in total. The van der Waals surface area contributed by atoms with Crippen molar-refractivity contribution in [3.8, 4) is 0 Å². The summed E-state index contributed by atoms with van der Waals surface area (Å²) >= 11 is 5.81. The minimum atomic E-state index is 0.114. The third-order valence-electron chi connectivity index (χ3n) is 1.87. The summed E-state index contributed by atoms with van der Waals surface area (Å²) in [5.41, 5.74) is 7.12.